The van der Waals surface area contributed by atoms with Gasteiger partial charge in [-0.1, -0.05) is 49.2 Å². The van der Waals surface area contributed by atoms with Crippen molar-refractivity contribution in [3.05, 3.63) is 58.1 Å². The van der Waals surface area contributed by atoms with Crippen molar-refractivity contribution in [2.45, 2.75) is 64.6 Å². The largest absolute Gasteiger partial charge is 0.460 e. The Bertz CT molecular complexity index is 1240. The fourth-order valence-corrected chi connectivity index (χ4v) is 5.90. The van der Waals surface area contributed by atoms with Gasteiger partial charge in [-0.25, -0.2) is 9.18 Å². The number of nitrogens with two attached hydrogens (primary N) is 1. The molecule has 1 aromatic heterocycles. The second kappa shape index (κ2) is 10.4. The van der Waals surface area contributed by atoms with E-state index in [0.717, 1.165) is 17.7 Å². The van der Waals surface area contributed by atoms with Gasteiger partial charge in [-0.05, 0) is 54.9 Å². The number of amides is 3. The Labute approximate surface area is 223 Å². The number of imide groups is 1. The van der Waals surface area contributed by atoms with Crippen LogP contribution in [0, 0.1) is 23.6 Å². The van der Waals surface area contributed by atoms with E-state index in [0.29, 0.717) is 16.8 Å². The standard InChI is InChI=1S/C27H31BrFN3O5/c1-15(2)19-9-6-16(3)11-22(19)37-26(36)27(13-23(30)33)25(35)31(24(34)21-5-4-10-32(21)27)14-17-7-8-18(28)12-20(17)29/h4-5,7-8,10,12,15-16,19,22H,6,9,11,13-14H2,1-3H3,(H2,30,33). The molecule has 10 heteroatoms. The fraction of sp³-hybridized carbons (Fsp3) is 0.481. The predicted molar refractivity (Wildman–Crippen MR) is 136 cm³/mol. The fourth-order valence-electron chi connectivity index (χ4n) is 5.56. The van der Waals surface area contributed by atoms with Crippen molar-refractivity contribution in [2.24, 2.45) is 23.5 Å². The Morgan fingerprint density at radius 1 is 1.24 bits per heavy atom. The number of benzene rings is 1. The van der Waals surface area contributed by atoms with Crippen molar-refractivity contribution < 1.29 is 28.3 Å². The summed E-state index contributed by atoms with van der Waals surface area (Å²) < 4.78 is 22.4. The number of esters is 1. The summed E-state index contributed by atoms with van der Waals surface area (Å²) in [7, 11) is 0. The zero-order chi connectivity index (χ0) is 27.1. The summed E-state index contributed by atoms with van der Waals surface area (Å²) in [6.45, 7) is 5.78. The molecule has 4 atom stereocenters. The van der Waals surface area contributed by atoms with Gasteiger partial charge in [-0.3, -0.25) is 19.3 Å². The molecule has 1 aliphatic carbocycles. The van der Waals surface area contributed by atoms with Crippen LogP contribution in [0.15, 0.2) is 41.0 Å². The Hall–Kier alpha value is -3.01. The topological polar surface area (TPSA) is 112 Å². The molecule has 2 N–H and O–H groups in total. The van der Waals surface area contributed by atoms with Crippen LogP contribution in [0.25, 0.3) is 0 Å². The summed E-state index contributed by atoms with van der Waals surface area (Å²) in [6.07, 6.45) is 2.74. The van der Waals surface area contributed by atoms with Crippen molar-refractivity contribution >= 4 is 39.6 Å². The van der Waals surface area contributed by atoms with Gasteiger partial charge in [0, 0.05) is 16.2 Å². The third kappa shape index (κ3) is 4.95. The third-order valence-corrected chi connectivity index (χ3v) is 8.05. The van der Waals surface area contributed by atoms with Crippen LogP contribution in [-0.2, 0) is 31.2 Å². The van der Waals surface area contributed by atoms with Crippen LogP contribution in [0.5, 0.6) is 0 Å². The van der Waals surface area contributed by atoms with Crippen molar-refractivity contribution in [3.8, 4) is 0 Å². The second-order valence-electron chi connectivity index (χ2n) is 10.5. The lowest BCUT2D eigenvalue weighted by Crippen LogP contribution is -2.63. The number of ether oxygens (including phenoxy) is 1. The first-order valence-electron chi connectivity index (χ1n) is 12.4. The number of hydrogen-bond donors (Lipinski definition) is 1. The number of fused-ring (bicyclic) bond motifs is 1. The lowest BCUT2D eigenvalue weighted by molar-refractivity contribution is -0.175. The molecule has 8 nitrogen and oxygen atoms in total. The third-order valence-electron chi connectivity index (χ3n) is 7.55. The molecule has 2 aromatic rings. The number of halogens is 2. The molecule has 1 aliphatic heterocycles. The van der Waals surface area contributed by atoms with E-state index in [1.165, 1.54) is 35.0 Å². The first kappa shape index (κ1) is 27.0. The van der Waals surface area contributed by atoms with E-state index < -0.39 is 54.1 Å². The van der Waals surface area contributed by atoms with Crippen LogP contribution in [0.3, 0.4) is 0 Å². The molecule has 3 amide bonds. The lowest BCUT2D eigenvalue weighted by atomic mass is 9.75. The highest BCUT2D eigenvalue weighted by Gasteiger charge is 2.58. The first-order chi connectivity index (χ1) is 17.5. The predicted octanol–water partition coefficient (Wildman–Crippen LogP) is 4.15. The maximum atomic E-state index is 14.7. The molecule has 0 radical (unpaired) electrons. The summed E-state index contributed by atoms with van der Waals surface area (Å²) in [5.74, 6) is -3.52. The molecule has 1 aromatic carbocycles. The molecule has 0 bridgehead atoms. The van der Waals surface area contributed by atoms with E-state index in [1.807, 2.05) is 0 Å². The quantitative estimate of drug-likeness (QED) is 0.303. The molecule has 37 heavy (non-hydrogen) atoms. The Morgan fingerprint density at radius 2 is 1.97 bits per heavy atom. The molecule has 0 saturated heterocycles. The summed E-state index contributed by atoms with van der Waals surface area (Å²) in [6, 6.07) is 7.20. The average molecular weight is 576 g/mol. The zero-order valence-corrected chi connectivity index (χ0v) is 22.7. The molecule has 2 aliphatic rings. The van der Waals surface area contributed by atoms with Gasteiger partial charge >= 0.3 is 5.97 Å². The highest BCUT2D eigenvalue weighted by Crippen LogP contribution is 2.39. The number of hydrogen-bond acceptors (Lipinski definition) is 5. The van der Waals surface area contributed by atoms with Crippen molar-refractivity contribution in [1.29, 1.82) is 0 Å². The van der Waals surface area contributed by atoms with E-state index >= 15 is 0 Å². The Morgan fingerprint density at radius 3 is 2.62 bits per heavy atom. The SMILES string of the molecule is CC1CCC(C(C)C)C(OC(=O)C2(CC(N)=O)C(=O)N(Cc3ccc(Br)cc3F)C(=O)c3cccn32)C1. The smallest absolute Gasteiger partial charge is 0.343 e. The first-order valence-corrected chi connectivity index (χ1v) is 13.2. The molecule has 4 unspecified atom stereocenters. The van der Waals surface area contributed by atoms with Crippen molar-refractivity contribution in [2.75, 3.05) is 0 Å². The van der Waals surface area contributed by atoms with Crippen LogP contribution in [-0.4, -0.2) is 39.3 Å². The Balaban J connectivity index is 1.78. The van der Waals surface area contributed by atoms with Gasteiger partial charge in [0.05, 0.1) is 13.0 Å². The van der Waals surface area contributed by atoms with Gasteiger partial charge < -0.3 is 15.0 Å². The average Bonchev–Trinajstić information content (AvgIpc) is 3.31. The minimum absolute atomic E-state index is 0.00717. The van der Waals surface area contributed by atoms with Gasteiger partial charge in [0.15, 0.2) is 0 Å². The van der Waals surface area contributed by atoms with E-state index in [-0.39, 0.29) is 23.1 Å². The molecular weight excluding hydrogens is 545 g/mol. The monoisotopic (exact) mass is 575 g/mol. The number of carbonyl (C=O) groups is 4. The molecule has 2 heterocycles. The van der Waals surface area contributed by atoms with Crippen LogP contribution < -0.4 is 5.73 Å². The molecule has 0 spiro atoms. The van der Waals surface area contributed by atoms with Gasteiger partial charge in [-0.15, -0.1) is 0 Å². The number of nitrogens with zero attached hydrogens (tertiary/aromatic N) is 2. The minimum Gasteiger partial charge on any atom is -0.460 e. The second-order valence-corrected chi connectivity index (χ2v) is 11.4. The zero-order valence-electron chi connectivity index (χ0n) is 21.1. The molecule has 1 saturated carbocycles. The van der Waals surface area contributed by atoms with E-state index in [1.54, 1.807) is 6.07 Å². The van der Waals surface area contributed by atoms with E-state index in [9.17, 15) is 23.6 Å². The highest BCUT2D eigenvalue weighted by molar-refractivity contribution is 9.10. The number of rotatable bonds is 7. The van der Waals surface area contributed by atoms with Gasteiger partial charge in [0.2, 0.25) is 11.4 Å². The summed E-state index contributed by atoms with van der Waals surface area (Å²) in [5, 5.41) is 0. The van der Waals surface area contributed by atoms with Crippen LogP contribution in [0.1, 0.15) is 62.5 Å². The van der Waals surface area contributed by atoms with Crippen molar-refractivity contribution in [1.82, 2.24) is 9.47 Å². The van der Waals surface area contributed by atoms with Crippen LogP contribution >= 0.6 is 15.9 Å². The maximum absolute atomic E-state index is 14.7. The summed E-state index contributed by atoms with van der Waals surface area (Å²) >= 11 is 3.19. The Kier molecular flexibility index (Phi) is 7.60. The number of carbonyl (C=O) groups excluding carboxylic acids is 4. The number of primary amides is 1. The van der Waals surface area contributed by atoms with Gasteiger partial charge in [0.25, 0.3) is 11.8 Å². The highest BCUT2D eigenvalue weighted by atomic mass is 79.9. The molecule has 198 valence electrons. The van der Waals surface area contributed by atoms with Crippen LogP contribution in [0.2, 0.25) is 0 Å². The van der Waals surface area contributed by atoms with Gasteiger partial charge in [-0.2, -0.15) is 0 Å². The van der Waals surface area contributed by atoms with Gasteiger partial charge in [0.1, 0.15) is 17.6 Å². The summed E-state index contributed by atoms with van der Waals surface area (Å²) in [4.78, 5) is 54.5. The lowest BCUT2D eigenvalue weighted by Gasteiger charge is -2.42. The van der Waals surface area contributed by atoms with Crippen molar-refractivity contribution in [3.63, 3.8) is 0 Å². The molecule has 4 rings (SSSR count). The normalized spacial score (nSPS) is 25.8. The summed E-state index contributed by atoms with van der Waals surface area (Å²) in [5.41, 5.74) is 3.43. The van der Waals surface area contributed by atoms with E-state index in [4.69, 9.17) is 10.5 Å². The molecular formula is C27H31BrFN3O5. The van der Waals surface area contributed by atoms with Crippen LogP contribution in [0.4, 0.5) is 4.39 Å². The molecule has 1 fully saturated rings. The maximum Gasteiger partial charge on any atom is 0.343 e. The minimum atomic E-state index is -2.22. The number of aromatic nitrogens is 1. The van der Waals surface area contributed by atoms with E-state index in [2.05, 4.69) is 36.7 Å².